The number of hydrogen-bond acceptors (Lipinski definition) is 5. The summed E-state index contributed by atoms with van der Waals surface area (Å²) in [5, 5.41) is 7.10. The number of para-hydroxylation sites is 1. The van der Waals surface area contributed by atoms with E-state index in [1.54, 1.807) is 0 Å². The maximum Gasteiger partial charge on any atom is 0.236 e. The maximum absolute atomic E-state index is 12.0. The van der Waals surface area contributed by atoms with Gasteiger partial charge in [0, 0.05) is 17.1 Å². The molecule has 0 fully saturated rings. The van der Waals surface area contributed by atoms with Crippen molar-refractivity contribution < 1.29 is 9.53 Å². The number of ether oxygens (including phenoxy) is 1. The SMILES string of the molecule is O=C(Nc1cnns1)[C@H]1COc2ccccc21. The summed E-state index contributed by atoms with van der Waals surface area (Å²) in [7, 11) is 0. The first-order valence-electron chi connectivity index (χ1n) is 5.14. The molecule has 5 nitrogen and oxygen atoms in total. The molecule has 1 aliphatic heterocycles. The van der Waals surface area contributed by atoms with E-state index in [9.17, 15) is 4.79 Å². The Morgan fingerprint density at radius 3 is 3.18 bits per heavy atom. The van der Waals surface area contributed by atoms with E-state index in [2.05, 4.69) is 14.9 Å². The first-order chi connectivity index (χ1) is 8.34. The predicted octanol–water partition coefficient (Wildman–Crippen LogP) is 1.65. The molecule has 3 rings (SSSR count). The molecule has 6 heteroatoms. The number of aromatic nitrogens is 2. The summed E-state index contributed by atoms with van der Waals surface area (Å²) in [6, 6.07) is 7.59. The molecule has 1 aromatic carbocycles. The molecule has 0 saturated carbocycles. The van der Waals surface area contributed by atoms with Crippen LogP contribution in [-0.2, 0) is 4.79 Å². The number of anilines is 1. The zero-order valence-electron chi connectivity index (χ0n) is 8.79. The normalized spacial score (nSPS) is 17.3. The van der Waals surface area contributed by atoms with Gasteiger partial charge in [0.15, 0.2) is 0 Å². The lowest BCUT2D eigenvalue weighted by atomic mass is 10.0. The second kappa shape index (κ2) is 4.14. The Morgan fingerprint density at radius 1 is 1.47 bits per heavy atom. The van der Waals surface area contributed by atoms with Crippen LogP contribution in [-0.4, -0.2) is 22.1 Å². The van der Waals surface area contributed by atoms with Crippen LogP contribution < -0.4 is 10.1 Å². The smallest absolute Gasteiger partial charge is 0.236 e. The van der Waals surface area contributed by atoms with Gasteiger partial charge >= 0.3 is 0 Å². The molecule has 17 heavy (non-hydrogen) atoms. The molecule has 0 unspecified atom stereocenters. The predicted molar refractivity (Wildman–Crippen MR) is 63.2 cm³/mol. The monoisotopic (exact) mass is 247 g/mol. The summed E-state index contributed by atoms with van der Waals surface area (Å²) in [5.74, 6) is 0.448. The fraction of sp³-hybridized carbons (Fsp3) is 0.182. The van der Waals surface area contributed by atoms with E-state index in [-0.39, 0.29) is 11.8 Å². The second-order valence-electron chi connectivity index (χ2n) is 3.67. The van der Waals surface area contributed by atoms with Crippen LogP contribution in [0.15, 0.2) is 30.5 Å². The van der Waals surface area contributed by atoms with Crippen LogP contribution in [0.4, 0.5) is 5.00 Å². The Labute approximate surface area is 102 Å². The lowest BCUT2D eigenvalue weighted by Crippen LogP contribution is -2.21. The Kier molecular flexibility index (Phi) is 2.49. The van der Waals surface area contributed by atoms with E-state index in [1.165, 1.54) is 6.20 Å². The van der Waals surface area contributed by atoms with Gasteiger partial charge in [-0.15, -0.1) is 5.10 Å². The van der Waals surface area contributed by atoms with Gasteiger partial charge in [0.2, 0.25) is 5.91 Å². The second-order valence-corrected chi connectivity index (χ2v) is 4.46. The highest BCUT2D eigenvalue weighted by molar-refractivity contribution is 7.10. The van der Waals surface area contributed by atoms with Crippen molar-refractivity contribution in [1.82, 2.24) is 9.59 Å². The number of amides is 1. The third-order valence-electron chi connectivity index (χ3n) is 2.62. The number of hydrogen-bond donors (Lipinski definition) is 1. The zero-order chi connectivity index (χ0) is 11.7. The molecule has 2 heterocycles. The van der Waals surface area contributed by atoms with Gasteiger partial charge in [0.05, 0.1) is 6.20 Å². The minimum Gasteiger partial charge on any atom is -0.492 e. The highest BCUT2D eigenvalue weighted by Gasteiger charge is 2.30. The number of nitrogens with zero attached hydrogens (tertiary/aromatic N) is 2. The van der Waals surface area contributed by atoms with Crippen LogP contribution in [0.2, 0.25) is 0 Å². The summed E-state index contributed by atoms with van der Waals surface area (Å²) in [4.78, 5) is 12.0. The average Bonchev–Trinajstić information content (AvgIpc) is 2.96. The average molecular weight is 247 g/mol. The molecule has 0 radical (unpaired) electrons. The Morgan fingerprint density at radius 2 is 2.35 bits per heavy atom. The third kappa shape index (κ3) is 1.87. The molecule has 0 spiro atoms. The van der Waals surface area contributed by atoms with E-state index in [1.807, 2.05) is 24.3 Å². The van der Waals surface area contributed by atoms with Gasteiger partial charge in [0.25, 0.3) is 0 Å². The number of fused-ring (bicyclic) bond motifs is 1. The fourth-order valence-electron chi connectivity index (χ4n) is 1.81. The molecule has 86 valence electrons. The number of carbonyl (C=O) groups is 1. The maximum atomic E-state index is 12.0. The molecule has 1 N–H and O–H groups in total. The molecule has 0 bridgehead atoms. The third-order valence-corrected chi connectivity index (χ3v) is 3.20. The molecule has 1 aromatic heterocycles. The van der Waals surface area contributed by atoms with Crippen LogP contribution in [0, 0.1) is 0 Å². The lowest BCUT2D eigenvalue weighted by molar-refractivity contribution is -0.117. The summed E-state index contributed by atoms with van der Waals surface area (Å²) < 4.78 is 9.15. The number of nitrogens with one attached hydrogen (secondary N) is 1. The standard InChI is InChI=1S/C11H9N3O2S/c15-11(13-10-5-12-14-17-10)8-6-16-9-4-2-1-3-7(8)9/h1-5,8H,6H2,(H,13,15)/t8-/m0/s1. The highest BCUT2D eigenvalue weighted by Crippen LogP contribution is 2.34. The van der Waals surface area contributed by atoms with E-state index in [0.29, 0.717) is 11.6 Å². The summed E-state index contributed by atoms with van der Waals surface area (Å²) in [5.41, 5.74) is 0.933. The molecule has 2 aromatic rings. The Hall–Kier alpha value is -1.95. The van der Waals surface area contributed by atoms with E-state index < -0.39 is 0 Å². The topological polar surface area (TPSA) is 64.1 Å². The molecular weight excluding hydrogens is 238 g/mol. The van der Waals surface area contributed by atoms with Crippen LogP contribution in [0.3, 0.4) is 0 Å². The van der Waals surface area contributed by atoms with Crippen LogP contribution in [0.25, 0.3) is 0 Å². The first kappa shape index (κ1) is 10.2. The van der Waals surface area contributed by atoms with E-state index >= 15 is 0 Å². The minimum absolute atomic E-state index is 0.0824. The van der Waals surface area contributed by atoms with Gasteiger partial charge < -0.3 is 10.1 Å². The van der Waals surface area contributed by atoms with Crippen molar-refractivity contribution >= 4 is 22.4 Å². The molecule has 0 aliphatic carbocycles. The van der Waals surface area contributed by atoms with Crippen molar-refractivity contribution in [2.24, 2.45) is 0 Å². The van der Waals surface area contributed by atoms with Crippen molar-refractivity contribution in [3.63, 3.8) is 0 Å². The molecule has 1 atom stereocenters. The van der Waals surface area contributed by atoms with Gasteiger partial charge in [-0.1, -0.05) is 22.7 Å². The van der Waals surface area contributed by atoms with Gasteiger partial charge in [-0.2, -0.15) is 0 Å². The highest BCUT2D eigenvalue weighted by atomic mass is 32.1. The number of carbonyl (C=O) groups excluding carboxylic acids is 1. The zero-order valence-corrected chi connectivity index (χ0v) is 9.61. The summed E-state index contributed by atoms with van der Waals surface area (Å²) >= 11 is 1.16. The van der Waals surface area contributed by atoms with Gasteiger partial charge in [-0.05, 0) is 6.07 Å². The Balaban J connectivity index is 1.80. The van der Waals surface area contributed by atoms with Gasteiger partial charge in [-0.25, -0.2) is 0 Å². The number of benzene rings is 1. The van der Waals surface area contributed by atoms with Crippen LogP contribution in [0.5, 0.6) is 5.75 Å². The van der Waals surface area contributed by atoms with Crippen LogP contribution in [0.1, 0.15) is 11.5 Å². The quantitative estimate of drug-likeness (QED) is 0.876. The van der Waals surface area contributed by atoms with E-state index in [4.69, 9.17) is 4.74 Å². The van der Waals surface area contributed by atoms with Gasteiger partial charge in [0.1, 0.15) is 23.3 Å². The summed E-state index contributed by atoms with van der Waals surface area (Å²) in [6.45, 7) is 0.386. The van der Waals surface area contributed by atoms with Crippen molar-refractivity contribution in [3.05, 3.63) is 36.0 Å². The van der Waals surface area contributed by atoms with Crippen molar-refractivity contribution in [1.29, 1.82) is 0 Å². The number of rotatable bonds is 2. The lowest BCUT2D eigenvalue weighted by Gasteiger charge is -2.07. The largest absolute Gasteiger partial charge is 0.492 e. The summed E-state index contributed by atoms with van der Waals surface area (Å²) in [6.07, 6.45) is 1.53. The van der Waals surface area contributed by atoms with Crippen LogP contribution >= 0.6 is 11.5 Å². The first-order valence-corrected chi connectivity index (χ1v) is 5.92. The minimum atomic E-state index is -0.256. The van der Waals surface area contributed by atoms with Gasteiger partial charge in [-0.3, -0.25) is 4.79 Å². The van der Waals surface area contributed by atoms with E-state index in [0.717, 1.165) is 22.8 Å². The van der Waals surface area contributed by atoms with Crippen molar-refractivity contribution in [2.45, 2.75) is 5.92 Å². The Bertz CT molecular complexity index is 541. The molecule has 1 aliphatic rings. The van der Waals surface area contributed by atoms with Crippen molar-refractivity contribution in [3.8, 4) is 5.75 Å². The molecule has 0 saturated heterocycles. The molecule has 1 amide bonds. The molecular formula is C11H9N3O2S. The van der Waals surface area contributed by atoms with Crippen molar-refractivity contribution in [2.75, 3.05) is 11.9 Å². The fourth-order valence-corrected chi connectivity index (χ4v) is 2.23.